The molecule has 4 aromatic rings. The molecule has 3 aromatic heterocycles. The molecule has 1 amide bonds. The van der Waals surface area contributed by atoms with Crippen LogP contribution < -0.4 is 0 Å². The predicted molar refractivity (Wildman–Crippen MR) is 159 cm³/mol. The van der Waals surface area contributed by atoms with Crippen LogP contribution in [0.15, 0.2) is 43.0 Å². The van der Waals surface area contributed by atoms with Crippen LogP contribution in [0, 0.1) is 0 Å². The number of rotatable bonds is 8. The lowest BCUT2D eigenvalue weighted by atomic mass is 9.78. The van der Waals surface area contributed by atoms with Crippen molar-refractivity contribution in [1.82, 2.24) is 24.4 Å². The summed E-state index contributed by atoms with van der Waals surface area (Å²) in [6.07, 6.45) is 6.22. The van der Waals surface area contributed by atoms with Crippen molar-refractivity contribution in [3.05, 3.63) is 59.0 Å². The number of fused-ring (bicyclic) bond motifs is 1. The van der Waals surface area contributed by atoms with E-state index in [1.165, 1.54) is 4.88 Å². The molecule has 1 aromatic carbocycles. The Labute approximate surface area is 236 Å². The Morgan fingerprint density at radius 3 is 2.36 bits per heavy atom. The summed E-state index contributed by atoms with van der Waals surface area (Å²) in [6, 6.07) is 7.92. The average Bonchev–Trinajstić information content (AvgIpc) is 3.51. The summed E-state index contributed by atoms with van der Waals surface area (Å²) in [5, 5.41) is 12.0. The van der Waals surface area contributed by atoms with Crippen LogP contribution in [0.2, 0.25) is 0 Å². The summed E-state index contributed by atoms with van der Waals surface area (Å²) in [5.41, 5.74) is 4.05. The van der Waals surface area contributed by atoms with Gasteiger partial charge < -0.3 is 14.6 Å². The molecule has 0 aliphatic rings. The molecule has 1 N–H and O–H groups in total. The van der Waals surface area contributed by atoms with E-state index >= 15 is 0 Å². The minimum atomic E-state index is -0.192. The van der Waals surface area contributed by atoms with Crippen molar-refractivity contribution in [2.45, 2.75) is 85.1 Å². The van der Waals surface area contributed by atoms with Crippen LogP contribution in [0.25, 0.3) is 21.7 Å². The molecule has 8 heteroatoms. The zero-order chi connectivity index (χ0) is 28.5. The number of imidazole rings is 1. The summed E-state index contributed by atoms with van der Waals surface area (Å²) < 4.78 is 1.81. The molecule has 0 bridgehead atoms. The number of hydrogen-bond acceptors (Lipinski definition) is 6. The smallest absolute Gasteiger partial charge is 0.242 e. The van der Waals surface area contributed by atoms with Gasteiger partial charge in [0.25, 0.3) is 0 Å². The van der Waals surface area contributed by atoms with E-state index in [1.807, 2.05) is 34.7 Å². The number of phenols is 1. The van der Waals surface area contributed by atoms with Crippen LogP contribution >= 0.6 is 11.3 Å². The summed E-state index contributed by atoms with van der Waals surface area (Å²) in [4.78, 5) is 29.7. The summed E-state index contributed by atoms with van der Waals surface area (Å²) in [5.74, 6) is 0.705. The van der Waals surface area contributed by atoms with Crippen LogP contribution in [0.4, 0.5) is 0 Å². The molecule has 7 nitrogen and oxygen atoms in total. The molecule has 1 atom stereocenters. The number of hydrogen-bond donors (Lipinski definition) is 1. The number of thiazole rings is 1. The summed E-state index contributed by atoms with van der Waals surface area (Å²) >= 11 is 1.69. The SMILES string of the molecule is CCN(CCC(C)c1cnc(-c2cc(C(C)(C)C)c(O)c(C(C)(C)C)c2)s1)C(=O)Cn1cnc2cccnc21. The van der Waals surface area contributed by atoms with E-state index < -0.39 is 0 Å². The van der Waals surface area contributed by atoms with Crippen molar-refractivity contribution in [3.63, 3.8) is 0 Å². The van der Waals surface area contributed by atoms with E-state index in [2.05, 4.69) is 70.6 Å². The summed E-state index contributed by atoms with van der Waals surface area (Å²) in [7, 11) is 0. The van der Waals surface area contributed by atoms with Crippen molar-refractivity contribution in [3.8, 4) is 16.3 Å². The van der Waals surface area contributed by atoms with Crippen molar-refractivity contribution < 1.29 is 9.90 Å². The van der Waals surface area contributed by atoms with Crippen molar-refractivity contribution in [1.29, 1.82) is 0 Å². The second-order valence-electron chi connectivity index (χ2n) is 12.4. The lowest BCUT2D eigenvalue weighted by molar-refractivity contribution is -0.131. The zero-order valence-electron chi connectivity index (χ0n) is 24.4. The molecule has 0 radical (unpaired) electrons. The first-order valence-corrected chi connectivity index (χ1v) is 14.5. The normalized spacial score (nSPS) is 13.1. The Morgan fingerprint density at radius 1 is 1.08 bits per heavy atom. The van der Waals surface area contributed by atoms with Gasteiger partial charge >= 0.3 is 0 Å². The van der Waals surface area contributed by atoms with E-state index in [-0.39, 0.29) is 29.2 Å². The van der Waals surface area contributed by atoms with Crippen molar-refractivity contribution in [2.75, 3.05) is 13.1 Å². The average molecular weight is 548 g/mol. The lowest BCUT2D eigenvalue weighted by Crippen LogP contribution is -2.34. The number of carbonyl (C=O) groups is 1. The van der Waals surface area contributed by atoms with E-state index in [9.17, 15) is 9.90 Å². The van der Waals surface area contributed by atoms with Gasteiger partial charge in [-0.1, -0.05) is 48.5 Å². The number of carbonyl (C=O) groups excluding carboxylic acids is 1. The second-order valence-corrected chi connectivity index (χ2v) is 13.4. The highest BCUT2D eigenvalue weighted by molar-refractivity contribution is 7.15. The maximum absolute atomic E-state index is 13.1. The van der Waals surface area contributed by atoms with Crippen LogP contribution in [0.5, 0.6) is 5.75 Å². The Kier molecular flexibility index (Phi) is 8.17. The predicted octanol–water partition coefficient (Wildman–Crippen LogP) is 6.90. The first-order chi connectivity index (χ1) is 18.3. The first kappa shape index (κ1) is 28.7. The van der Waals surface area contributed by atoms with E-state index in [0.717, 1.165) is 39.3 Å². The zero-order valence-corrected chi connectivity index (χ0v) is 25.3. The van der Waals surface area contributed by atoms with Crippen LogP contribution in [-0.2, 0) is 22.2 Å². The standard InChI is InChI=1S/C31H41N5O2S/c1-9-35(26(37)18-36-19-34-24-11-10-13-32-28(24)36)14-12-20(2)25-17-33-29(39-25)21-15-22(30(3,4)5)27(38)23(16-21)31(6,7)8/h10-11,13,15-17,19-20,38H,9,12,14,18H2,1-8H3. The lowest BCUT2D eigenvalue weighted by Gasteiger charge is -2.28. The molecule has 1 unspecified atom stereocenters. The van der Waals surface area contributed by atoms with Gasteiger partial charge in [0.1, 0.15) is 22.8 Å². The van der Waals surface area contributed by atoms with Gasteiger partial charge in [0, 0.05) is 47.1 Å². The largest absolute Gasteiger partial charge is 0.507 e. The van der Waals surface area contributed by atoms with E-state index in [1.54, 1.807) is 23.9 Å². The molecule has 0 fully saturated rings. The molecular weight excluding hydrogens is 506 g/mol. The molecule has 208 valence electrons. The minimum Gasteiger partial charge on any atom is -0.507 e. The van der Waals surface area contributed by atoms with Crippen molar-refractivity contribution >= 4 is 28.4 Å². The number of benzene rings is 1. The van der Waals surface area contributed by atoms with Gasteiger partial charge in [0.15, 0.2) is 5.65 Å². The Bertz CT molecular complexity index is 1420. The quantitative estimate of drug-likeness (QED) is 0.259. The maximum atomic E-state index is 13.1. The van der Waals surface area contributed by atoms with E-state index in [0.29, 0.717) is 18.8 Å². The molecule has 4 rings (SSSR count). The molecule has 0 spiro atoms. The first-order valence-electron chi connectivity index (χ1n) is 13.7. The molecule has 0 saturated carbocycles. The number of nitrogens with zero attached hydrogens (tertiary/aromatic N) is 5. The number of phenolic OH excluding ortho intramolecular Hbond substituents is 1. The summed E-state index contributed by atoms with van der Waals surface area (Å²) in [6.45, 7) is 18.5. The number of likely N-dealkylation sites (N-methyl/N-ethyl adjacent to an activating group) is 1. The van der Waals surface area contributed by atoms with Crippen LogP contribution in [0.3, 0.4) is 0 Å². The third-order valence-electron chi connectivity index (χ3n) is 7.23. The van der Waals surface area contributed by atoms with Gasteiger partial charge in [0.05, 0.1) is 6.33 Å². The third kappa shape index (κ3) is 6.32. The number of aromatic hydroxyl groups is 1. The Morgan fingerprint density at radius 2 is 1.74 bits per heavy atom. The fourth-order valence-corrected chi connectivity index (χ4v) is 5.75. The van der Waals surface area contributed by atoms with Gasteiger partial charge in [-0.2, -0.15) is 0 Å². The van der Waals surface area contributed by atoms with Gasteiger partial charge in [-0.25, -0.2) is 15.0 Å². The number of pyridine rings is 1. The highest BCUT2D eigenvalue weighted by Crippen LogP contribution is 2.43. The Hall–Kier alpha value is -3.26. The van der Waals surface area contributed by atoms with Crippen LogP contribution in [-0.4, -0.2) is 48.5 Å². The molecule has 3 heterocycles. The fraction of sp³-hybridized carbons (Fsp3) is 0.484. The molecule has 39 heavy (non-hydrogen) atoms. The second kappa shape index (κ2) is 11.1. The third-order valence-corrected chi connectivity index (χ3v) is 8.51. The molecule has 0 aliphatic heterocycles. The van der Waals surface area contributed by atoms with Gasteiger partial charge in [-0.15, -0.1) is 11.3 Å². The van der Waals surface area contributed by atoms with Crippen LogP contribution in [0.1, 0.15) is 83.7 Å². The highest BCUT2D eigenvalue weighted by atomic mass is 32.1. The minimum absolute atomic E-state index is 0.0631. The van der Waals surface area contributed by atoms with Crippen molar-refractivity contribution in [2.24, 2.45) is 0 Å². The highest BCUT2D eigenvalue weighted by Gasteiger charge is 2.27. The number of amides is 1. The van der Waals surface area contributed by atoms with E-state index in [4.69, 9.17) is 4.98 Å². The molecular formula is C31H41N5O2S. The van der Waals surface area contributed by atoms with Gasteiger partial charge in [-0.05, 0) is 54.4 Å². The Balaban J connectivity index is 1.48. The maximum Gasteiger partial charge on any atom is 0.242 e. The topological polar surface area (TPSA) is 84.1 Å². The molecule has 0 saturated heterocycles. The van der Waals surface area contributed by atoms with Gasteiger partial charge in [-0.3, -0.25) is 4.79 Å². The van der Waals surface area contributed by atoms with Gasteiger partial charge in [0.2, 0.25) is 5.91 Å². The molecule has 0 aliphatic carbocycles. The monoisotopic (exact) mass is 547 g/mol. The number of aromatic nitrogens is 4. The fourth-order valence-electron chi connectivity index (χ4n) is 4.76.